The first kappa shape index (κ1) is 18.1. The van der Waals surface area contributed by atoms with Gasteiger partial charge < -0.3 is 15.7 Å². The Labute approximate surface area is 141 Å². The predicted octanol–water partition coefficient (Wildman–Crippen LogP) is 4.21. The molecule has 2 rings (SSSR count). The smallest absolute Gasteiger partial charge is 0.387 e. The molecular weight excluding hydrogens is 345 g/mol. The molecule has 0 spiro atoms. The first-order valence-electron chi connectivity index (χ1n) is 6.91. The average Bonchev–Trinajstić information content (AvgIpc) is 2.54. The molecule has 2 aromatic carbocycles. The van der Waals surface area contributed by atoms with Crippen molar-refractivity contribution in [3.05, 3.63) is 64.7 Å². The lowest BCUT2D eigenvalue weighted by Crippen LogP contribution is -2.32. The molecule has 0 aliphatic heterocycles. The number of aliphatic hydroxyl groups is 1. The fraction of sp³-hybridized carbons (Fsp3) is 0.188. The topological polar surface area (TPSA) is 61.4 Å². The molecule has 0 radical (unpaired) electrons. The number of rotatable bonds is 4. The maximum absolute atomic E-state index is 12.5. The highest BCUT2D eigenvalue weighted by Gasteiger charge is 2.30. The first-order chi connectivity index (χ1) is 11.3. The van der Waals surface area contributed by atoms with Crippen molar-refractivity contribution in [3.8, 4) is 0 Å². The van der Waals surface area contributed by atoms with Crippen molar-refractivity contribution >= 4 is 23.3 Å². The highest BCUT2D eigenvalue weighted by atomic mass is 35.5. The number of amides is 2. The van der Waals surface area contributed by atoms with Crippen molar-refractivity contribution in [2.75, 3.05) is 11.9 Å². The summed E-state index contributed by atoms with van der Waals surface area (Å²) in [6.07, 6.45) is -5.55. The molecular formula is C16H14ClF3N2O2. The second-order valence-electron chi connectivity index (χ2n) is 4.98. The van der Waals surface area contributed by atoms with Gasteiger partial charge >= 0.3 is 12.2 Å². The first-order valence-corrected chi connectivity index (χ1v) is 7.29. The van der Waals surface area contributed by atoms with Gasteiger partial charge in [-0.1, -0.05) is 23.7 Å². The van der Waals surface area contributed by atoms with Crippen molar-refractivity contribution in [1.29, 1.82) is 0 Å². The zero-order valence-corrected chi connectivity index (χ0v) is 13.0. The quantitative estimate of drug-likeness (QED) is 0.766. The van der Waals surface area contributed by atoms with Crippen molar-refractivity contribution in [1.82, 2.24) is 5.32 Å². The molecule has 0 fully saturated rings. The van der Waals surface area contributed by atoms with E-state index in [1.807, 2.05) is 0 Å². The maximum atomic E-state index is 12.5. The third-order valence-corrected chi connectivity index (χ3v) is 3.43. The van der Waals surface area contributed by atoms with Crippen LogP contribution in [0.3, 0.4) is 0 Å². The summed E-state index contributed by atoms with van der Waals surface area (Å²) in [4.78, 5) is 11.7. The van der Waals surface area contributed by atoms with Gasteiger partial charge in [-0.05, 0) is 42.0 Å². The van der Waals surface area contributed by atoms with Crippen LogP contribution < -0.4 is 10.6 Å². The van der Waals surface area contributed by atoms with Gasteiger partial charge in [0.2, 0.25) is 0 Å². The summed E-state index contributed by atoms with van der Waals surface area (Å²) in [6, 6.07) is 9.98. The monoisotopic (exact) mass is 358 g/mol. The second kappa shape index (κ2) is 7.55. The Hall–Kier alpha value is -2.25. The zero-order valence-electron chi connectivity index (χ0n) is 12.3. The molecule has 4 nitrogen and oxygen atoms in total. The molecule has 0 aliphatic rings. The minimum atomic E-state index is -4.43. The minimum Gasteiger partial charge on any atom is -0.387 e. The van der Waals surface area contributed by atoms with E-state index >= 15 is 0 Å². The number of hydrogen-bond acceptors (Lipinski definition) is 2. The largest absolute Gasteiger partial charge is 0.416 e. The van der Waals surface area contributed by atoms with Crippen LogP contribution in [0.5, 0.6) is 0 Å². The molecule has 1 atom stereocenters. The van der Waals surface area contributed by atoms with Gasteiger partial charge in [0.05, 0.1) is 11.7 Å². The van der Waals surface area contributed by atoms with E-state index in [1.54, 1.807) is 24.3 Å². The summed E-state index contributed by atoms with van der Waals surface area (Å²) in [6.45, 7) is -0.148. The summed E-state index contributed by atoms with van der Waals surface area (Å²) in [5.74, 6) is 0. The van der Waals surface area contributed by atoms with Gasteiger partial charge in [0.25, 0.3) is 0 Å². The summed E-state index contributed by atoms with van der Waals surface area (Å²) in [7, 11) is 0. The number of urea groups is 1. The van der Waals surface area contributed by atoms with Crippen molar-refractivity contribution < 1.29 is 23.1 Å². The fourth-order valence-electron chi connectivity index (χ4n) is 1.91. The van der Waals surface area contributed by atoms with Crippen LogP contribution in [0.1, 0.15) is 17.2 Å². The zero-order chi connectivity index (χ0) is 17.7. The van der Waals surface area contributed by atoms with E-state index in [9.17, 15) is 23.1 Å². The summed E-state index contributed by atoms with van der Waals surface area (Å²) < 4.78 is 37.4. The Kier molecular flexibility index (Phi) is 5.69. The van der Waals surface area contributed by atoms with Crippen LogP contribution in [0.4, 0.5) is 23.7 Å². The third-order valence-electron chi connectivity index (χ3n) is 3.18. The summed E-state index contributed by atoms with van der Waals surface area (Å²) in [5, 5.41) is 15.4. The molecule has 2 amide bonds. The molecule has 1 unspecified atom stereocenters. The number of aliphatic hydroxyl groups excluding tert-OH is 1. The van der Waals surface area contributed by atoms with E-state index in [-0.39, 0.29) is 12.1 Å². The molecule has 2 aromatic rings. The standard InChI is InChI=1S/C16H14ClF3N2O2/c17-12-5-7-13(8-6-12)22-15(24)21-9-14(23)10-1-3-11(4-2-10)16(18,19)20/h1-8,14,23H,9H2,(H2,21,22,24). The minimum absolute atomic E-state index is 0.148. The molecule has 128 valence electrons. The molecule has 0 saturated heterocycles. The number of nitrogens with one attached hydrogen (secondary N) is 2. The number of halogens is 4. The van der Waals surface area contributed by atoms with Gasteiger partial charge in [-0.15, -0.1) is 0 Å². The number of carbonyl (C=O) groups is 1. The SMILES string of the molecule is O=C(NCC(O)c1ccc(C(F)(F)F)cc1)Nc1ccc(Cl)cc1. The van der Waals surface area contributed by atoms with Gasteiger partial charge in [0, 0.05) is 17.3 Å². The van der Waals surface area contributed by atoms with Gasteiger partial charge in [-0.3, -0.25) is 0 Å². The molecule has 0 heterocycles. The van der Waals surface area contributed by atoms with Crippen molar-refractivity contribution in [3.63, 3.8) is 0 Å². The van der Waals surface area contributed by atoms with Gasteiger partial charge in [0.15, 0.2) is 0 Å². The summed E-state index contributed by atoms with van der Waals surface area (Å²) >= 11 is 5.73. The van der Waals surface area contributed by atoms with Crippen LogP contribution in [0.2, 0.25) is 5.02 Å². The number of anilines is 1. The lowest BCUT2D eigenvalue weighted by Gasteiger charge is -2.14. The molecule has 0 aromatic heterocycles. The average molecular weight is 359 g/mol. The molecule has 8 heteroatoms. The Balaban J connectivity index is 1.87. The van der Waals surface area contributed by atoms with Gasteiger partial charge in [0.1, 0.15) is 0 Å². The Bertz CT molecular complexity index is 688. The molecule has 24 heavy (non-hydrogen) atoms. The highest BCUT2D eigenvalue weighted by Crippen LogP contribution is 2.29. The van der Waals surface area contributed by atoms with E-state index in [2.05, 4.69) is 10.6 Å². The molecule has 0 aliphatic carbocycles. The lowest BCUT2D eigenvalue weighted by atomic mass is 10.1. The number of benzene rings is 2. The van der Waals surface area contributed by atoms with Crippen molar-refractivity contribution in [2.24, 2.45) is 0 Å². The second-order valence-corrected chi connectivity index (χ2v) is 5.41. The lowest BCUT2D eigenvalue weighted by molar-refractivity contribution is -0.137. The normalized spacial score (nSPS) is 12.5. The van der Waals surface area contributed by atoms with Crippen LogP contribution in [0, 0.1) is 0 Å². The predicted molar refractivity (Wildman–Crippen MR) is 84.9 cm³/mol. The number of hydrogen-bond donors (Lipinski definition) is 3. The van der Waals surface area contributed by atoms with Crippen molar-refractivity contribution in [2.45, 2.75) is 12.3 Å². The van der Waals surface area contributed by atoms with Gasteiger partial charge in [-0.2, -0.15) is 13.2 Å². The van der Waals surface area contributed by atoms with E-state index in [4.69, 9.17) is 11.6 Å². The van der Waals surface area contributed by atoms with E-state index in [0.717, 1.165) is 12.1 Å². The third kappa shape index (κ3) is 5.14. The molecule has 0 saturated carbocycles. The van der Waals surface area contributed by atoms with Crippen LogP contribution in [0.25, 0.3) is 0 Å². The fourth-order valence-corrected chi connectivity index (χ4v) is 2.04. The molecule has 3 N–H and O–H groups in total. The Morgan fingerprint density at radius 2 is 1.67 bits per heavy atom. The van der Waals surface area contributed by atoms with Crippen LogP contribution in [-0.2, 0) is 6.18 Å². The van der Waals surface area contributed by atoms with Crippen LogP contribution in [0.15, 0.2) is 48.5 Å². The maximum Gasteiger partial charge on any atom is 0.416 e. The Morgan fingerprint density at radius 3 is 2.21 bits per heavy atom. The number of carbonyl (C=O) groups excluding carboxylic acids is 1. The Morgan fingerprint density at radius 1 is 1.08 bits per heavy atom. The molecule has 0 bridgehead atoms. The van der Waals surface area contributed by atoms with E-state index in [1.165, 1.54) is 12.1 Å². The van der Waals surface area contributed by atoms with Gasteiger partial charge in [-0.25, -0.2) is 4.79 Å². The van der Waals surface area contributed by atoms with Crippen LogP contribution >= 0.6 is 11.6 Å². The van der Waals surface area contributed by atoms with Crippen LogP contribution in [-0.4, -0.2) is 17.7 Å². The summed E-state index contributed by atoms with van der Waals surface area (Å²) in [5.41, 5.74) is -0.0115. The number of alkyl halides is 3. The van der Waals surface area contributed by atoms with E-state index in [0.29, 0.717) is 10.7 Å². The van der Waals surface area contributed by atoms with E-state index < -0.39 is 23.9 Å². The highest BCUT2D eigenvalue weighted by molar-refractivity contribution is 6.30.